The predicted molar refractivity (Wildman–Crippen MR) is 80.2 cm³/mol. The molecule has 0 aliphatic heterocycles. The van der Waals surface area contributed by atoms with Gasteiger partial charge in [-0.05, 0) is 30.9 Å². The smallest absolute Gasteiger partial charge is 0.223 e. The Kier molecular flexibility index (Phi) is 4.99. The fourth-order valence-electron chi connectivity index (χ4n) is 3.07. The first-order valence-electron chi connectivity index (χ1n) is 7.61. The van der Waals surface area contributed by atoms with Crippen LogP contribution in [0.5, 0.6) is 0 Å². The molecule has 2 rings (SSSR count). The zero-order valence-corrected chi connectivity index (χ0v) is 12.7. The number of aliphatic hydroxyl groups is 1. The van der Waals surface area contributed by atoms with Crippen molar-refractivity contribution in [1.29, 1.82) is 0 Å². The number of nitrogens with one attached hydrogen (secondary N) is 1. The van der Waals surface area contributed by atoms with Crippen molar-refractivity contribution in [2.75, 3.05) is 6.61 Å². The first kappa shape index (κ1) is 16.0. The summed E-state index contributed by atoms with van der Waals surface area (Å²) in [6.07, 6.45) is 3.23. The maximum atomic E-state index is 13.6. The predicted octanol–water partition coefficient (Wildman–Crippen LogP) is 2.67. The molecule has 0 aromatic heterocycles. The minimum absolute atomic E-state index is 0.0121. The Bertz CT molecular complexity index is 505. The molecular formula is C17H24FNO2. The SMILES string of the molecule is CC(Cc1ccccc1F)C(=O)NC1CCCC1(C)CO. The number of hydrogen-bond acceptors (Lipinski definition) is 2. The summed E-state index contributed by atoms with van der Waals surface area (Å²) in [6.45, 7) is 3.90. The Balaban J connectivity index is 1.96. The average molecular weight is 293 g/mol. The maximum Gasteiger partial charge on any atom is 0.223 e. The monoisotopic (exact) mass is 293 g/mol. The highest BCUT2D eigenvalue weighted by Crippen LogP contribution is 2.37. The number of benzene rings is 1. The van der Waals surface area contributed by atoms with E-state index >= 15 is 0 Å². The van der Waals surface area contributed by atoms with Crippen LogP contribution in [-0.2, 0) is 11.2 Å². The zero-order valence-electron chi connectivity index (χ0n) is 12.7. The molecule has 3 unspecified atom stereocenters. The largest absolute Gasteiger partial charge is 0.396 e. The van der Waals surface area contributed by atoms with Crippen molar-refractivity contribution in [3.05, 3.63) is 35.6 Å². The van der Waals surface area contributed by atoms with Crippen LogP contribution in [0, 0.1) is 17.2 Å². The molecule has 1 fully saturated rings. The number of halogens is 1. The lowest BCUT2D eigenvalue weighted by Gasteiger charge is -2.31. The summed E-state index contributed by atoms with van der Waals surface area (Å²) in [7, 11) is 0. The quantitative estimate of drug-likeness (QED) is 0.877. The minimum Gasteiger partial charge on any atom is -0.396 e. The van der Waals surface area contributed by atoms with Crippen molar-refractivity contribution in [2.45, 2.75) is 45.6 Å². The van der Waals surface area contributed by atoms with Crippen molar-refractivity contribution in [2.24, 2.45) is 11.3 Å². The summed E-state index contributed by atoms with van der Waals surface area (Å²) in [5.74, 6) is -0.617. The van der Waals surface area contributed by atoms with Gasteiger partial charge in [-0.15, -0.1) is 0 Å². The highest BCUT2D eigenvalue weighted by Gasteiger charge is 2.39. The molecule has 1 aliphatic rings. The average Bonchev–Trinajstić information content (AvgIpc) is 2.83. The maximum absolute atomic E-state index is 13.6. The second-order valence-corrected chi connectivity index (χ2v) is 6.46. The van der Waals surface area contributed by atoms with E-state index < -0.39 is 0 Å². The molecule has 3 nitrogen and oxygen atoms in total. The van der Waals surface area contributed by atoms with E-state index in [4.69, 9.17) is 0 Å². The van der Waals surface area contributed by atoms with Crippen LogP contribution in [0.4, 0.5) is 4.39 Å². The van der Waals surface area contributed by atoms with Crippen LogP contribution in [0.2, 0.25) is 0 Å². The molecule has 4 heteroatoms. The second kappa shape index (κ2) is 6.56. The van der Waals surface area contributed by atoms with Crippen LogP contribution in [0.25, 0.3) is 0 Å². The number of hydrogen-bond donors (Lipinski definition) is 2. The van der Waals surface area contributed by atoms with Gasteiger partial charge in [-0.25, -0.2) is 4.39 Å². The van der Waals surface area contributed by atoms with Gasteiger partial charge >= 0.3 is 0 Å². The molecule has 1 aromatic carbocycles. The van der Waals surface area contributed by atoms with E-state index in [1.54, 1.807) is 18.2 Å². The van der Waals surface area contributed by atoms with E-state index in [0.29, 0.717) is 12.0 Å². The van der Waals surface area contributed by atoms with Crippen molar-refractivity contribution in [3.63, 3.8) is 0 Å². The van der Waals surface area contributed by atoms with Gasteiger partial charge in [-0.2, -0.15) is 0 Å². The summed E-state index contributed by atoms with van der Waals surface area (Å²) in [5.41, 5.74) is 0.337. The van der Waals surface area contributed by atoms with E-state index in [2.05, 4.69) is 5.32 Å². The van der Waals surface area contributed by atoms with Gasteiger partial charge in [-0.1, -0.05) is 38.5 Å². The van der Waals surface area contributed by atoms with Crippen molar-refractivity contribution >= 4 is 5.91 Å². The van der Waals surface area contributed by atoms with Crippen molar-refractivity contribution in [1.82, 2.24) is 5.32 Å². The summed E-state index contributed by atoms with van der Waals surface area (Å²) in [5, 5.41) is 12.6. The Morgan fingerprint density at radius 1 is 1.52 bits per heavy atom. The van der Waals surface area contributed by atoms with E-state index in [1.165, 1.54) is 6.07 Å². The molecule has 0 radical (unpaired) electrons. The van der Waals surface area contributed by atoms with Gasteiger partial charge in [0.05, 0.1) is 6.61 Å². The molecule has 1 aromatic rings. The Morgan fingerprint density at radius 3 is 2.90 bits per heavy atom. The number of amides is 1. The Labute approximate surface area is 125 Å². The van der Waals surface area contributed by atoms with E-state index in [0.717, 1.165) is 19.3 Å². The van der Waals surface area contributed by atoms with Gasteiger partial charge in [0.25, 0.3) is 0 Å². The van der Waals surface area contributed by atoms with Crippen LogP contribution >= 0.6 is 0 Å². The molecule has 0 heterocycles. The second-order valence-electron chi connectivity index (χ2n) is 6.46. The van der Waals surface area contributed by atoms with E-state index in [1.807, 2.05) is 13.8 Å². The number of aliphatic hydroxyl groups excluding tert-OH is 1. The van der Waals surface area contributed by atoms with E-state index in [9.17, 15) is 14.3 Å². The molecule has 1 amide bonds. The lowest BCUT2D eigenvalue weighted by atomic mass is 9.85. The van der Waals surface area contributed by atoms with Crippen LogP contribution in [0.1, 0.15) is 38.7 Å². The van der Waals surface area contributed by atoms with Crippen LogP contribution in [0.15, 0.2) is 24.3 Å². The van der Waals surface area contributed by atoms with Crippen LogP contribution in [-0.4, -0.2) is 23.7 Å². The first-order valence-corrected chi connectivity index (χ1v) is 7.61. The third-order valence-corrected chi connectivity index (χ3v) is 4.69. The molecule has 21 heavy (non-hydrogen) atoms. The number of carbonyl (C=O) groups excluding carboxylic acids is 1. The Hall–Kier alpha value is -1.42. The molecule has 0 saturated heterocycles. The van der Waals surface area contributed by atoms with Gasteiger partial charge in [0, 0.05) is 17.4 Å². The molecule has 0 spiro atoms. The summed E-state index contributed by atoms with van der Waals surface area (Å²) < 4.78 is 13.6. The molecular weight excluding hydrogens is 269 g/mol. The highest BCUT2D eigenvalue weighted by molar-refractivity contribution is 5.79. The normalized spacial score (nSPS) is 26.6. The molecule has 1 aliphatic carbocycles. The first-order chi connectivity index (χ1) is 9.96. The topological polar surface area (TPSA) is 49.3 Å². The molecule has 1 saturated carbocycles. The van der Waals surface area contributed by atoms with Crippen molar-refractivity contribution < 1.29 is 14.3 Å². The summed E-state index contributed by atoms with van der Waals surface area (Å²) >= 11 is 0. The third kappa shape index (κ3) is 3.62. The number of rotatable bonds is 5. The van der Waals surface area contributed by atoms with Gasteiger partial charge < -0.3 is 10.4 Å². The fourth-order valence-corrected chi connectivity index (χ4v) is 3.07. The zero-order chi connectivity index (χ0) is 15.5. The van der Waals surface area contributed by atoms with E-state index in [-0.39, 0.29) is 35.7 Å². The molecule has 2 N–H and O–H groups in total. The van der Waals surface area contributed by atoms with Gasteiger partial charge in [0.1, 0.15) is 5.82 Å². The fraction of sp³-hybridized carbons (Fsp3) is 0.588. The lowest BCUT2D eigenvalue weighted by Crippen LogP contribution is -2.46. The minimum atomic E-state index is -0.287. The molecule has 116 valence electrons. The van der Waals surface area contributed by atoms with Gasteiger partial charge in [-0.3, -0.25) is 4.79 Å². The highest BCUT2D eigenvalue weighted by atomic mass is 19.1. The van der Waals surface area contributed by atoms with Crippen molar-refractivity contribution in [3.8, 4) is 0 Å². The summed E-state index contributed by atoms with van der Waals surface area (Å²) in [6, 6.07) is 6.57. The molecule has 0 bridgehead atoms. The summed E-state index contributed by atoms with van der Waals surface area (Å²) in [4.78, 5) is 12.3. The van der Waals surface area contributed by atoms with Gasteiger partial charge in [0.15, 0.2) is 0 Å². The van der Waals surface area contributed by atoms with Crippen LogP contribution in [0.3, 0.4) is 0 Å². The van der Waals surface area contributed by atoms with Gasteiger partial charge in [0.2, 0.25) is 5.91 Å². The third-order valence-electron chi connectivity index (χ3n) is 4.69. The molecule has 3 atom stereocenters. The van der Waals surface area contributed by atoms with Crippen LogP contribution < -0.4 is 5.32 Å². The lowest BCUT2D eigenvalue weighted by molar-refractivity contribution is -0.126. The standard InChI is InChI=1S/C17H24FNO2/c1-12(10-13-6-3-4-7-14(13)18)16(21)19-15-8-5-9-17(15,2)11-20/h3-4,6-7,12,15,20H,5,8-11H2,1-2H3,(H,19,21). The number of carbonyl (C=O) groups is 1. The Morgan fingerprint density at radius 2 is 2.24 bits per heavy atom.